The number of thiazole rings is 1. The third-order valence-corrected chi connectivity index (χ3v) is 8.85. The molecule has 4 aromatic rings. The number of aromatic nitrogens is 2. The zero-order valence-corrected chi connectivity index (χ0v) is 24.3. The first-order valence-electron chi connectivity index (χ1n) is 13.3. The number of anilines is 1. The van der Waals surface area contributed by atoms with Gasteiger partial charge in [0.1, 0.15) is 17.1 Å². The molecule has 1 N–H and O–H groups in total. The highest BCUT2D eigenvalue weighted by molar-refractivity contribution is 7.11. The minimum atomic E-state index is -0.639. The van der Waals surface area contributed by atoms with Crippen LogP contribution in [0, 0.1) is 5.82 Å². The molecule has 0 bridgehead atoms. The van der Waals surface area contributed by atoms with E-state index in [4.69, 9.17) is 16.3 Å². The molecule has 41 heavy (non-hydrogen) atoms. The Morgan fingerprint density at radius 3 is 2.85 bits per heavy atom. The molecule has 214 valence electrons. The number of rotatable bonds is 10. The minimum absolute atomic E-state index is 0.125. The number of amides is 2. The van der Waals surface area contributed by atoms with E-state index >= 15 is 4.39 Å². The fourth-order valence-electron chi connectivity index (χ4n) is 5.44. The number of aryl methyl sites for hydroxylation is 2. The molecule has 3 heterocycles. The molecule has 0 saturated carbocycles. The van der Waals surface area contributed by atoms with Crippen molar-refractivity contribution in [1.29, 1.82) is 0 Å². The second kappa shape index (κ2) is 12.5. The van der Waals surface area contributed by atoms with Crippen molar-refractivity contribution in [1.82, 2.24) is 14.5 Å². The van der Waals surface area contributed by atoms with E-state index in [9.17, 15) is 14.4 Å². The van der Waals surface area contributed by atoms with Gasteiger partial charge in [-0.15, -0.1) is 11.3 Å². The lowest BCUT2D eigenvalue weighted by Gasteiger charge is -2.29. The Kier molecular flexibility index (Phi) is 8.82. The van der Waals surface area contributed by atoms with Crippen LogP contribution < -0.4 is 5.32 Å². The number of carbonyl (C=O) groups is 3. The zero-order chi connectivity index (χ0) is 29.1. The lowest BCUT2D eigenvalue weighted by molar-refractivity contribution is -0.134. The van der Waals surface area contributed by atoms with Crippen LogP contribution >= 0.6 is 22.9 Å². The van der Waals surface area contributed by atoms with E-state index in [1.165, 1.54) is 17.4 Å². The van der Waals surface area contributed by atoms with E-state index in [2.05, 4.69) is 10.3 Å². The largest absolute Gasteiger partial charge is 0.383 e. The van der Waals surface area contributed by atoms with E-state index in [-0.39, 0.29) is 40.7 Å². The number of benzene rings is 2. The molecule has 8 nitrogen and oxygen atoms in total. The average Bonchev–Trinajstić information content (AvgIpc) is 3.68. The average molecular weight is 597 g/mol. The van der Waals surface area contributed by atoms with Crippen LogP contribution in [0.1, 0.15) is 51.1 Å². The summed E-state index contributed by atoms with van der Waals surface area (Å²) in [5.74, 6) is -1.31. The fraction of sp³-hybridized carbons (Fsp3) is 0.333. The first kappa shape index (κ1) is 28.9. The third kappa shape index (κ3) is 6.05. The monoisotopic (exact) mass is 596 g/mol. The lowest BCUT2D eigenvalue weighted by Crippen LogP contribution is -2.40. The number of fused-ring (bicyclic) bond motifs is 1. The van der Waals surface area contributed by atoms with Gasteiger partial charge in [-0.1, -0.05) is 29.8 Å². The number of nitrogens with zero attached hydrogens (tertiary/aromatic N) is 3. The van der Waals surface area contributed by atoms with Crippen LogP contribution in [-0.2, 0) is 34.2 Å². The molecule has 5 rings (SSSR count). The molecule has 1 aliphatic heterocycles. The van der Waals surface area contributed by atoms with Gasteiger partial charge in [-0.05, 0) is 43.0 Å². The number of likely N-dealkylation sites (tertiary alicyclic amines) is 1. The van der Waals surface area contributed by atoms with Crippen molar-refractivity contribution in [2.75, 3.05) is 19.0 Å². The topological polar surface area (TPSA) is 93.5 Å². The molecular formula is C30H30ClFN4O4S. The number of ether oxygens (including phenoxy) is 1. The molecule has 1 fully saturated rings. The van der Waals surface area contributed by atoms with Crippen molar-refractivity contribution in [3.63, 3.8) is 0 Å². The summed E-state index contributed by atoms with van der Waals surface area (Å²) in [7, 11) is 3.43. The summed E-state index contributed by atoms with van der Waals surface area (Å²) in [6.45, 7) is 0.355. The van der Waals surface area contributed by atoms with Gasteiger partial charge in [0.15, 0.2) is 0 Å². The van der Waals surface area contributed by atoms with Crippen molar-refractivity contribution in [2.24, 2.45) is 7.05 Å². The van der Waals surface area contributed by atoms with Gasteiger partial charge in [0.05, 0.1) is 41.4 Å². The Morgan fingerprint density at radius 2 is 2.07 bits per heavy atom. The van der Waals surface area contributed by atoms with Gasteiger partial charge in [0.25, 0.3) is 5.91 Å². The third-order valence-electron chi connectivity index (χ3n) is 7.38. The smallest absolute Gasteiger partial charge is 0.257 e. The van der Waals surface area contributed by atoms with E-state index in [0.29, 0.717) is 31.4 Å². The number of hydrogen-bond donors (Lipinski definition) is 1. The number of carbonyl (C=O) groups excluding carboxylic acids is 3. The van der Waals surface area contributed by atoms with Crippen LogP contribution in [0.2, 0.25) is 5.02 Å². The van der Waals surface area contributed by atoms with E-state index < -0.39 is 11.7 Å². The molecule has 0 radical (unpaired) electrons. The maximum absolute atomic E-state index is 15.3. The Hall–Kier alpha value is -3.60. The van der Waals surface area contributed by atoms with Gasteiger partial charge in [0, 0.05) is 48.8 Å². The number of nitrogens with one attached hydrogen (secondary N) is 1. The second-order valence-electron chi connectivity index (χ2n) is 10.1. The van der Waals surface area contributed by atoms with Crippen molar-refractivity contribution in [3.8, 4) is 0 Å². The first-order valence-corrected chi connectivity index (χ1v) is 14.5. The van der Waals surface area contributed by atoms with Crippen molar-refractivity contribution in [3.05, 3.63) is 80.6 Å². The van der Waals surface area contributed by atoms with Gasteiger partial charge < -0.3 is 24.3 Å². The molecule has 2 aromatic heterocycles. The molecule has 2 amide bonds. The van der Waals surface area contributed by atoms with Crippen molar-refractivity contribution in [2.45, 2.75) is 44.2 Å². The summed E-state index contributed by atoms with van der Waals surface area (Å²) in [5.41, 5.74) is 1.60. The van der Waals surface area contributed by atoms with Gasteiger partial charge >= 0.3 is 0 Å². The van der Waals surface area contributed by atoms with E-state index in [1.54, 1.807) is 24.4 Å². The predicted octanol–water partition coefficient (Wildman–Crippen LogP) is 5.73. The zero-order valence-electron chi connectivity index (χ0n) is 22.7. The molecule has 11 heteroatoms. The van der Waals surface area contributed by atoms with Crippen LogP contribution in [0.25, 0.3) is 10.9 Å². The Morgan fingerprint density at radius 1 is 1.27 bits per heavy atom. The van der Waals surface area contributed by atoms with Crippen LogP contribution in [0.5, 0.6) is 0 Å². The summed E-state index contributed by atoms with van der Waals surface area (Å²) < 4.78 is 22.5. The highest BCUT2D eigenvalue weighted by Crippen LogP contribution is 2.39. The van der Waals surface area contributed by atoms with Crippen LogP contribution in [-0.4, -0.2) is 52.3 Å². The molecule has 0 spiro atoms. The van der Waals surface area contributed by atoms with Crippen LogP contribution in [0.4, 0.5) is 10.1 Å². The SMILES string of the molecule is COC[C@@H]1CC[C@@H](c2ncc(CCC=O)s2)N1C(=O)Cc1cc(Cl)c(NC(=O)c2cn(C)c3ccccc23)cc1F. The number of para-hydroxylation sites is 1. The summed E-state index contributed by atoms with van der Waals surface area (Å²) in [5, 5.41) is 4.41. The van der Waals surface area contributed by atoms with Crippen LogP contribution in [0.15, 0.2) is 48.8 Å². The normalized spacial score (nSPS) is 16.8. The summed E-state index contributed by atoms with van der Waals surface area (Å²) in [6, 6.07) is 9.62. The fourth-order valence-corrected chi connectivity index (χ4v) is 6.74. The molecule has 0 aliphatic carbocycles. The Balaban J connectivity index is 1.34. The quantitative estimate of drug-likeness (QED) is 0.236. The second-order valence-corrected chi connectivity index (χ2v) is 11.7. The van der Waals surface area contributed by atoms with E-state index in [0.717, 1.165) is 39.6 Å². The summed E-state index contributed by atoms with van der Waals surface area (Å²) in [6.07, 6.45) is 6.60. The Labute approximate surface area is 246 Å². The molecule has 1 aliphatic rings. The molecule has 0 unspecified atom stereocenters. The van der Waals surface area contributed by atoms with Gasteiger partial charge in [-0.25, -0.2) is 9.37 Å². The number of hydrogen-bond acceptors (Lipinski definition) is 6. The van der Waals surface area contributed by atoms with Gasteiger partial charge in [0.2, 0.25) is 5.91 Å². The maximum Gasteiger partial charge on any atom is 0.257 e. The first-order chi connectivity index (χ1) is 19.8. The minimum Gasteiger partial charge on any atom is -0.383 e. The summed E-state index contributed by atoms with van der Waals surface area (Å²) in [4.78, 5) is 44.7. The maximum atomic E-state index is 15.3. The molecule has 2 atom stereocenters. The van der Waals surface area contributed by atoms with E-state index in [1.807, 2.05) is 35.9 Å². The predicted molar refractivity (Wildman–Crippen MR) is 157 cm³/mol. The molecule has 1 saturated heterocycles. The highest BCUT2D eigenvalue weighted by atomic mass is 35.5. The standard InChI is InChI=1S/C30H30ClFN4O4S/c1-35-16-22(21-7-3-4-8-26(21)35)29(39)34-25-14-24(32)18(12-23(25)31)13-28(38)36-19(17-40-2)9-10-27(36)30-33-15-20(41-30)6-5-11-37/h3-4,7-8,11-12,14-16,19,27H,5-6,9-10,13,17H2,1-2H3,(H,34,39)/t19-,27-/m0/s1. The van der Waals surface area contributed by atoms with Crippen molar-refractivity contribution >= 4 is 57.6 Å². The highest BCUT2D eigenvalue weighted by Gasteiger charge is 2.39. The number of methoxy groups -OCH3 is 1. The molecular weight excluding hydrogens is 567 g/mol. The summed E-state index contributed by atoms with van der Waals surface area (Å²) >= 11 is 7.97. The van der Waals surface area contributed by atoms with Gasteiger partial charge in [-0.3, -0.25) is 9.59 Å². The number of aldehydes is 1. The van der Waals surface area contributed by atoms with Crippen molar-refractivity contribution < 1.29 is 23.5 Å². The lowest BCUT2D eigenvalue weighted by atomic mass is 10.1. The molecule has 2 aromatic carbocycles. The van der Waals surface area contributed by atoms with Gasteiger partial charge in [-0.2, -0.15) is 0 Å². The Bertz CT molecular complexity index is 1600. The number of halogens is 2. The van der Waals surface area contributed by atoms with Crippen LogP contribution in [0.3, 0.4) is 0 Å².